The molecule has 0 aliphatic carbocycles. The first kappa shape index (κ1) is 20.2. The highest BCUT2D eigenvalue weighted by molar-refractivity contribution is 5.90. The third-order valence-electron chi connectivity index (χ3n) is 5.80. The molecule has 0 fully saturated rings. The first-order valence-electron chi connectivity index (χ1n) is 10.4. The summed E-state index contributed by atoms with van der Waals surface area (Å²) in [4.78, 5) is 22.5. The minimum atomic E-state index is -2.67. The highest BCUT2D eigenvalue weighted by atomic mass is 19.3. The largest absolute Gasteiger partial charge is 0.411 e. The van der Waals surface area contributed by atoms with E-state index in [2.05, 4.69) is 30.4 Å². The summed E-state index contributed by atoms with van der Waals surface area (Å²) in [5.41, 5.74) is 2.40. The van der Waals surface area contributed by atoms with E-state index in [-0.39, 0.29) is 22.9 Å². The lowest BCUT2D eigenvalue weighted by atomic mass is 9.99. The Morgan fingerprint density at radius 2 is 2.12 bits per heavy atom. The van der Waals surface area contributed by atoms with Gasteiger partial charge in [-0.25, -0.2) is 18.3 Å². The molecule has 1 aliphatic heterocycles. The van der Waals surface area contributed by atoms with Gasteiger partial charge in [-0.3, -0.25) is 9.48 Å². The molecule has 1 N–H and O–H groups in total. The van der Waals surface area contributed by atoms with Gasteiger partial charge in [0.15, 0.2) is 0 Å². The lowest BCUT2D eigenvalue weighted by molar-refractivity contribution is 0.0646. The number of amides is 1. The fraction of sp³-hybridized carbons (Fsp3) is 0.238. The number of imidazole rings is 1. The highest BCUT2D eigenvalue weighted by Gasteiger charge is 2.38. The van der Waals surface area contributed by atoms with Gasteiger partial charge in [-0.15, -0.1) is 10.2 Å². The standard InChI is InChI=1S/C21H17F2N9O2/c1-30-7-4-13(28-30)19-26-27-20(34-19)21(33)31-8-5-12-16(25-10-24-12)17(31)14-9-15-11(18(22)23)3-2-6-32(15)29-14/h2-4,6-7,9-10,17-18H,5,8H2,1H3,(H,24,25). The minimum Gasteiger partial charge on any atom is -0.411 e. The van der Waals surface area contributed by atoms with Crippen molar-refractivity contribution in [3.63, 3.8) is 0 Å². The van der Waals surface area contributed by atoms with Crippen molar-refractivity contribution in [2.24, 2.45) is 7.05 Å². The number of carbonyl (C=O) groups is 1. The van der Waals surface area contributed by atoms with Gasteiger partial charge in [-0.2, -0.15) is 10.2 Å². The molecule has 5 aromatic heterocycles. The topological polar surface area (TPSA) is 123 Å². The zero-order valence-electron chi connectivity index (χ0n) is 17.8. The van der Waals surface area contributed by atoms with E-state index >= 15 is 0 Å². The van der Waals surface area contributed by atoms with Crippen LogP contribution in [0.2, 0.25) is 0 Å². The Morgan fingerprint density at radius 1 is 1.24 bits per heavy atom. The molecule has 6 rings (SSSR count). The molecular weight excluding hydrogens is 448 g/mol. The average molecular weight is 465 g/mol. The molecule has 0 aromatic carbocycles. The number of rotatable bonds is 4. The summed E-state index contributed by atoms with van der Waals surface area (Å²) < 4.78 is 35.7. The van der Waals surface area contributed by atoms with E-state index in [4.69, 9.17) is 4.42 Å². The van der Waals surface area contributed by atoms with Gasteiger partial charge in [0.25, 0.3) is 12.3 Å². The van der Waals surface area contributed by atoms with Crippen LogP contribution in [0.1, 0.15) is 45.8 Å². The summed E-state index contributed by atoms with van der Waals surface area (Å²) in [6, 6.07) is 5.39. The Bertz CT molecular complexity index is 1520. The maximum atomic E-state index is 13.6. The number of halogens is 2. The summed E-state index contributed by atoms with van der Waals surface area (Å²) in [6.07, 6.45) is 2.70. The van der Waals surface area contributed by atoms with Gasteiger partial charge in [0.2, 0.25) is 0 Å². The van der Waals surface area contributed by atoms with Gasteiger partial charge in [0.05, 0.1) is 23.2 Å². The fourth-order valence-electron chi connectivity index (χ4n) is 4.23. The number of aryl methyl sites for hydroxylation is 1. The van der Waals surface area contributed by atoms with E-state index < -0.39 is 18.4 Å². The minimum absolute atomic E-state index is 0.118. The molecule has 11 nitrogen and oxygen atoms in total. The predicted molar refractivity (Wildman–Crippen MR) is 112 cm³/mol. The maximum absolute atomic E-state index is 13.6. The van der Waals surface area contributed by atoms with Crippen LogP contribution < -0.4 is 0 Å². The fourth-order valence-corrected chi connectivity index (χ4v) is 4.23. The molecule has 5 aromatic rings. The van der Waals surface area contributed by atoms with Crippen LogP contribution in [0.5, 0.6) is 0 Å². The lowest BCUT2D eigenvalue weighted by Gasteiger charge is -2.32. The second kappa shape index (κ2) is 7.57. The van der Waals surface area contributed by atoms with Crippen LogP contribution in [0.3, 0.4) is 0 Å². The third-order valence-corrected chi connectivity index (χ3v) is 5.80. The molecule has 0 saturated heterocycles. The molecule has 6 heterocycles. The molecule has 1 atom stereocenters. The molecule has 0 bridgehead atoms. The van der Waals surface area contributed by atoms with Crippen molar-refractivity contribution in [2.45, 2.75) is 18.9 Å². The van der Waals surface area contributed by atoms with Crippen molar-refractivity contribution < 1.29 is 18.0 Å². The summed E-state index contributed by atoms with van der Waals surface area (Å²) >= 11 is 0. The zero-order valence-corrected chi connectivity index (χ0v) is 17.8. The van der Waals surface area contributed by atoms with Gasteiger partial charge in [-0.1, -0.05) is 0 Å². The number of fused-ring (bicyclic) bond motifs is 2. The normalized spacial score (nSPS) is 15.9. The number of hydrogen-bond donors (Lipinski definition) is 1. The molecule has 172 valence electrons. The highest BCUT2D eigenvalue weighted by Crippen LogP contribution is 2.35. The van der Waals surface area contributed by atoms with Crippen LogP contribution in [0.25, 0.3) is 17.1 Å². The van der Waals surface area contributed by atoms with Crippen molar-refractivity contribution in [1.82, 2.24) is 44.5 Å². The second-order valence-electron chi connectivity index (χ2n) is 7.87. The number of aromatic nitrogens is 8. The second-order valence-corrected chi connectivity index (χ2v) is 7.87. The van der Waals surface area contributed by atoms with Gasteiger partial charge in [0.1, 0.15) is 11.7 Å². The van der Waals surface area contributed by atoms with Crippen LogP contribution in [0.4, 0.5) is 8.78 Å². The van der Waals surface area contributed by atoms with Crippen molar-refractivity contribution in [3.8, 4) is 11.6 Å². The average Bonchev–Trinajstić information content (AvgIpc) is 3.62. The van der Waals surface area contributed by atoms with E-state index in [9.17, 15) is 13.6 Å². The van der Waals surface area contributed by atoms with Crippen LogP contribution in [-0.4, -0.2) is 56.9 Å². The number of nitrogens with zero attached hydrogens (tertiary/aromatic N) is 8. The van der Waals surface area contributed by atoms with Crippen LogP contribution in [0, 0.1) is 0 Å². The van der Waals surface area contributed by atoms with E-state index in [1.54, 1.807) is 36.3 Å². The molecule has 1 unspecified atom stereocenters. The molecule has 1 aliphatic rings. The molecule has 13 heteroatoms. The Morgan fingerprint density at radius 3 is 2.91 bits per heavy atom. The number of alkyl halides is 2. The summed E-state index contributed by atoms with van der Waals surface area (Å²) in [6.45, 7) is 0.315. The molecule has 0 spiro atoms. The number of pyridine rings is 1. The van der Waals surface area contributed by atoms with E-state index in [1.165, 1.54) is 27.9 Å². The Hall–Kier alpha value is -4.42. The molecule has 1 amide bonds. The Kier molecular flexibility index (Phi) is 4.50. The molecule has 0 radical (unpaired) electrons. The lowest BCUT2D eigenvalue weighted by Crippen LogP contribution is -2.41. The summed E-state index contributed by atoms with van der Waals surface area (Å²) in [5.74, 6) is -0.603. The number of aromatic amines is 1. The Balaban J connectivity index is 1.41. The maximum Gasteiger partial charge on any atom is 0.312 e. The Labute approximate surface area is 190 Å². The van der Waals surface area contributed by atoms with Crippen LogP contribution in [0.15, 0.2) is 47.4 Å². The molecule has 34 heavy (non-hydrogen) atoms. The van der Waals surface area contributed by atoms with Gasteiger partial charge in [-0.05, 0) is 24.3 Å². The van der Waals surface area contributed by atoms with E-state index in [0.29, 0.717) is 30.0 Å². The van der Waals surface area contributed by atoms with Crippen molar-refractivity contribution in [2.75, 3.05) is 6.54 Å². The van der Waals surface area contributed by atoms with Crippen LogP contribution in [-0.2, 0) is 13.5 Å². The SMILES string of the molecule is Cn1ccc(-c2nnc(C(=O)N3CCc4[nH]cnc4C3c3cc4c(C(F)F)cccn4n3)o2)n1. The molecule has 0 saturated carbocycles. The first-order valence-corrected chi connectivity index (χ1v) is 10.4. The smallest absolute Gasteiger partial charge is 0.312 e. The van der Waals surface area contributed by atoms with Crippen molar-refractivity contribution >= 4 is 11.4 Å². The van der Waals surface area contributed by atoms with Gasteiger partial charge < -0.3 is 14.3 Å². The van der Waals surface area contributed by atoms with Gasteiger partial charge in [0, 0.05) is 43.7 Å². The number of H-pyrrole nitrogens is 1. The third kappa shape index (κ3) is 3.16. The number of hydrogen-bond acceptors (Lipinski definition) is 7. The molecular formula is C21H17F2N9O2. The quantitative estimate of drug-likeness (QED) is 0.433. The number of nitrogens with one attached hydrogen (secondary N) is 1. The summed E-state index contributed by atoms with van der Waals surface area (Å²) in [5, 5.41) is 16.6. The summed E-state index contributed by atoms with van der Waals surface area (Å²) in [7, 11) is 1.75. The van der Waals surface area contributed by atoms with E-state index in [1.807, 2.05) is 0 Å². The first-order chi connectivity index (χ1) is 16.5. The van der Waals surface area contributed by atoms with Crippen molar-refractivity contribution in [3.05, 3.63) is 71.5 Å². The van der Waals surface area contributed by atoms with Gasteiger partial charge >= 0.3 is 11.8 Å². The van der Waals surface area contributed by atoms with Crippen molar-refractivity contribution in [1.29, 1.82) is 0 Å². The number of carbonyl (C=O) groups excluding carboxylic acids is 1. The predicted octanol–water partition coefficient (Wildman–Crippen LogP) is 2.57. The van der Waals surface area contributed by atoms with E-state index in [0.717, 1.165) is 5.69 Å². The zero-order chi connectivity index (χ0) is 23.4. The van der Waals surface area contributed by atoms with Crippen LogP contribution >= 0.6 is 0 Å². The monoisotopic (exact) mass is 465 g/mol.